The second-order valence-corrected chi connectivity index (χ2v) is 10.8. The van der Waals surface area contributed by atoms with Crippen LogP contribution >= 0.6 is 7.26 Å². The van der Waals surface area contributed by atoms with Gasteiger partial charge in [-0.3, -0.25) is 4.79 Å². The van der Waals surface area contributed by atoms with Crippen LogP contribution in [0.25, 0.3) is 4.85 Å². The average molecular weight is 291 g/mol. The SMILES string of the molecule is [C-]#[N+]c1cc(C)c(NC(=O)C(C)[P+](C)(C)CC)c(C)c1. The summed E-state index contributed by atoms with van der Waals surface area (Å²) in [6.45, 7) is 19.5. The van der Waals surface area contributed by atoms with Gasteiger partial charge < -0.3 is 5.32 Å². The van der Waals surface area contributed by atoms with Crippen LogP contribution in [0.4, 0.5) is 11.4 Å². The molecule has 0 fully saturated rings. The summed E-state index contributed by atoms with van der Waals surface area (Å²) in [5.74, 6) is 0.0898. The maximum absolute atomic E-state index is 12.4. The first-order valence-corrected chi connectivity index (χ1v) is 9.79. The summed E-state index contributed by atoms with van der Waals surface area (Å²) in [5, 5.41) is 3.06. The third kappa shape index (κ3) is 3.58. The number of hydrogen-bond donors (Lipinski definition) is 1. The Morgan fingerprint density at radius 3 is 2.25 bits per heavy atom. The van der Waals surface area contributed by atoms with E-state index >= 15 is 0 Å². The van der Waals surface area contributed by atoms with E-state index in [0.29, 0.717) is 5.69 Å². The molecule has 0 heterocycles. The summed E-state index contributed by atoms with van der Waals surface area (Å²) in [4.78, 5) is 15.9. The quantitative estimate of drug-likeness (QED) is 0.644. The Kier molecular flexibility index (Phi) is 5.31. The van der Waals surface area contributed by atoms with Crippen molar-refractivity contribution in [1.82, 2.24) is 0 Å². The Morgan fingerprint density at radius 1 is 1.35 bits per heavy atom. The second-order valence-electron chi connectivity index (χ2n) is 5.83. The molecule has 1 aromatic carbocycles. The van der Waals surface area contributed by atoms with Gasteiger partial charge in [-0.1, -0.05) is 12.1 Å². The molecule has 1 aromatic rings. The van der Waals surface area contributed by atoms with Gasteiger partial charge in [-0.05, 0) is 38.8 Å². The maximum Gasteiger partial charge on any atom is 0.264 e. The first-order valence-electron chi connectivity index (χ1n) is 6.85. The third-order valence-electron chi connectivity index (χ3n) is 4.14. The highest BCUT2D eigenvalue weighted by Crippen LogP contribution is 2.55. The zero-order valence-corrected chi connectivity index (χ0v) is 14.1. The van der Waals surface area contributed by atoms with E-state index in [1.165, 1.54) is 0 Å². The van der Waals surface area contributed by atoms with Crippen LogP contribution in [-0.2, 0) is 4.79 Å². The highest BCUT2D eigenvalue weighted by molar-refractivity contribution is 7.75. The van der Waals surface area contributed by atoms with E-state index in [1.807, 2.05) is 32.9 Å². The van der Waals surface area contributed by atoms with Crippen molar-refractivity contribution >= 4 is 24.5 Å². The molecule has 1 amide bonds. The number of carbonyl (C=O) groups excluding carboxylic acids is 1. The zero-order valence-electron chi connectivity index (χ0n) is 13.2. The van der Waals surface area contributed by atoms with Crippen molar-refractivity contribution in [2.45, 2.75) is 33.4 Å². The van der Waals surface area contributed by atoms with Crippen molar-refractivity contribution in [2.75, 3.05) is 24.8 Å². The van der Waals surface area contributed by atoms with E-state index in [0.717, 1.165) is 23.0 Å². The highest BCUT2D eigenvalue weighted by Gasteiger charge is 2.36. The lowest BCUT2D eigenvalue weighted by atomic mass is 10.1. The van der Waals surface area contributed by atoms with Crippen LogP contribution in [0.5, 0.6) is 0 Å². The Balaban J connectivity index is 3.01. The number of nitrogens with one attached hydrogen (secondary N) is 1. The third-order valence-corrected chi connectivity index (χ3v) is 8.10. The number of nitrogens with zero attached hydrogens (tertiary/aromatic N) is 1. The first-order chi connectivity index (χ1) is 9.22. The molecule has 0 aliphatic heterocycles. The molecule has 1 unspecified atom stereocenters. The van der Waals surface area contributed by atoms with Crippen molar-refractivity contribution in [2.24, 2.45) is 0 Å². The molecule has 108 valence electrons. The second kappa shape index (κ2) is 6.37. The number of benzene rings is 1. The summed E-state index contributed by atoms with van der Waals surface area (Å²) in [7, 11) is -1.21. The van der Waals surface area contributed by atoms with Crippen LogP contribution in [0.15, 0.2) is 12.1 Å². The number of hydrogen-bond acceptors (Lipinski definition) is 1. The molecule has 1 N–H and O–H groups in total. The lowest BCUT2D eigenvalue weighted by Gasteiger charge is -2.24. The monoisotopic (exact) mass is 291 g/mol. The average Bonchev–Trinajstić information content (AvgIpc) is 2.41. The van der Waals surface area contributed by atoms with Crippen molar-refractivity contribution in [3.8, 4) is 0 Å². The van der Waals surface area contributed by atoms with Crippen LogP contribution in [0.3, 0.4) is 0 Å². The molecule has 0 saturated carbocycles. The predicted molar refractivity (Wildman–Crippen MR) is 89.6 cm³/mol. The van der Waals surface area contributed by atoms with E-state index < -0.39 is 7.26 Å². The highest BCUT2D eigenvalue weighted by atomic mass is 31.2. The normalized spacial score (nSPS) is 12.7. The Hall–Kier alpha value is -1.39. The van der Waals surface area contributed by atoms with Crippen molar-refractivity contribution in [3.63, 3.8) is 0 Å². The molecule has 20 heavy (non-hydrogen) atoms. The van der Waals surface area contributed by atoms with E-state index in [-0.39, 0.29) is 11.6 Å². The molecule has 0 aliphatic carbocycles. The molecule has 0 aliphatic rings. The number of carbonyl (C=O) groups is 1. The summed E-state index contributed by atoms with van der Waals surface area (Å²) in [6, 6.07) is 3.64. The van der Waals surface area contributed by atoms with Crippen molar-refractivity contribution in [3.05, 3.63) is 34.7 Å². The van der Waals surface area contributed by atoms with Gasteiger partial charge >= 0.3 is 0 Å². The lowest BCUT2D eigenvalue weighted by molar-refractivity contribution is -0.115. The van der Waals surface area contributed by atoms with Crippen molar-refractivity contribution < 1.29 is 4.79 Å². The first kappa shape index (κ1) is 16.7. The standard InChI is InChI=1S/C16H23N2OP/c1-8-20(6,7)13(4)16(19)18-15-11(2)9-14(17-5)10-12(15)3/h9-10,13H,8H2,1-4,6-7H3/p+1. The number of amides is 1. The largest absolute Gasteiger partial charge is 0.322 e. The molecule has 3 nitrogen and oxygen atoms in total. The van der Waals surface area contributed by atoms with Gasteiger partial charge in [0, 0.05) is 26.3 Å². The molecule has 0 radical (unpaired) electrons. The maximum atomic E-state index is 12.4. The Bertz CT molecular complexity index is 535. The van der Waals surface area contributed by atoms with Gasteiger partial charge in [0.25, 0.3) is 5.91 Å². The lowest BCUT2D eigenvalue weighted by Crippen LogP contribution is -2.28. The van der Waals surface area contributed by atoms with Crippen molar-refractivity contribution in [1.29, 1.82) is 0 Å². The summed E-state index contributed by atoms with van der Waals surface area (Å²) in [5.41, 5.74) is 3.41. The van der Waals surface area contributed by atoms with E-state index in [9.17, 15) is 4.79 Å². The minimum Gasteiger partial charge on any atom is -0.322 e. The van der Waals surface area contributed by atoms with E-state index in [1.54, 1.807) is 0 Å². The molecule has 1 atom stereocenters. The Labute approximate surface area is 122 Å². The topological polar surface area (TPSA) is 33.5 Å². The molecule has 0 bridgehead atoms. The number of anilines is 1. The number of rotatable bonds is 4. The molecular formula is C16H24N2OP+. The number of aryl methyl sites for hydroxylation is 2. The van der Waals surface area contributed by atoms with Crippen LogP contribution in [0.1, 0.15) is 25.0 Å². The van der Waals surface area contributed by atoms with Gasteiger partial charge in [0.1, 0.15) is 5.66 Å². The predicted octanol–water partition coefficient (Wildman–Crippen LogP) is 4.48. The summed E-state index contributed by atoms with van der Waals surface area (Å²) < 4.78 is 0. The van der Waals surface area contributed by atoms with Gasteiger partial charge in [-0.15, -0.1) is 0 Å². The fourth-order valence-electron chi connectivity index (χ4n) is 2.02. The minimum atomic E-state index is -1.21. The van der Waals surface area contributed by atoms with Gasteiger partial charge in [0.05, 0.1) is 12.7 Å². The van der Waals surface area contributed by atoms with Gasteiger partial charge in [-0.2, -0.15) is 0 Å². The molecule has 0 aromatic heterocycles. The fourth-order valence-corrected chi connectivity index (χ4v) is 3.27. The van der Waals surface area contributed by atoms with Crippen LogP contribution in [-0.4, -0.2) is 31.1 Å². The molecule has 1 rings (SSSR count). The molecular weight excluding hydrogens is 267 g/mol. The van der Waals surface area contributed by atoms with Gasteiger partial charge in [-0.25, -0.2) is 4.85 Å². The molecule has 0 saturated heterocycles. The van der Waals surface area contributed by atoms with Gasteiger partial charge in [0.2, 0.25) is 0 Å². The summed E-state index contributed by atoms with van der Waals surface area (Å²) >= 11 is 0. The van der Waals surface area contributed by atoms with Crippen LogP contribution in [0.2, 0.25) is 0 Å². The van der Waals surface area contributed by atoms with Crippen LogP contribution < -0.4 is 5.32 Å². The summed E-state index contributed by atoms with van der Waals surface area (Å²) in [6.07, 6.45) is 1.07. The van der Waals surface area contributed by atoms with E-state index in [4.69, 9.17) is 6.57 Å². The molecule has 4 heteroatoms. The van der Waals surface area contributed by atoms with Crippen LogP contribution in [0, 0.1) is 20.4 Å². The zero-order chi connectivity index (χ0) is 15.5. The smallest absolute Gasteiger partial charge is 0.264 e. The van der Waals surface area contributed by atoms with E-state index in [2.05, 4.69) is 30.4 Å². The van der Waals surface area contributed by atoms with Gasteiger partial charge in [0.15, 0.2) is 5.69 Å². The molecule has 0 spiro atoms. The fraction of sp³-hybridized carbons (Fsp3) is 0.500. The Morgan fingerprint density at radius 2 is 1.85 bits per heavy atom. The minimum absolute atomic E-state index is 0.0480.